The molecule has 0 rings (SSSR count). The van der Waals surface area contributed by atoms with Gasteiger partial charge in [-0.1, -0.05) is 199 Å². The fourth-order valence-corrected chi connectivity index (χ4v) is 6.42. The first-order chi connectivity index (χ1) is 33.0. The lowest BCUT2D eigenvalue weighted by Crippen LogP contribution is -2.30. The zero-order valence-corrected chi connectivity index (χ0v) is 42.6. The monoisotopic (exact) mass is 923 g/mol. The molecule has 0 radical (unpaired) electrons. The third-order valence-electron chi connectivity index (χ3n) is 10.3. The van der Waals surface area contributed by atoms with Gasteiger partial charge in [0, 0.05) is 19.3 Å². The number of esters is 3. The van der Waals surface area contributed by atoms with Gasteiger partial charge in [-0.05, 0) is 128 Å². The molecule has 1 atom stereocenters. The minimum absolute atomic E-state index is 0.133. The summed E-state index contributed by atoms with van der Waals surface area (Å²) in [5, 5.41) is 0. The summed E-state index contributed by atoms with van der Waals surface area (Å²) in [6, 6.07) is 0. The van der Waals surface area contributed by atoms with Crippen LogP contribution >= 0.6 is 0 Å². The van der Waals surface area contributed by atoms with Crippen molar-refractivity contribution in [2.24, 2.45) is 0 Å². The standard InChI is InChI=1S/C61H94O6/c1-4-7-10-13-16-19-22-25-28-30-33-36-39-42-45-48-51-54-60(63)66-57-58(56-65-59(62)53-50-47-44-41-38-35-32-27-24-21-18-15-12-9-6-3)67-61(64)55-52-49-46-43-40-37-34-31-29-26-23-20-17-14-11-8-5-2/h8-9,11-12,16-21,25-29,32-34,36-37,42-43,45-46,58H,4-7,10,13-15,22-24,30-31,35,38-41,44,47-57H2,1-3H3/b11-8-,12-9-,19-16-,20-17-,21-18-,28-25-,29-26-,32-27-,36-33-,37-34-,45-42-,46-43-/t58-/m1/s1. The number of rotatable bonds is 45. The zero-order valence-electron chi connectivity index (χ0n) is 42.6. The zero-order chi connectivity index (χ0) is 48.6. The topological polar surface area (TPSA) is 78.9 Å². The smallest absolute Gasteiger partial charge is 0.306 e. The molecule has 0 aromatic heterocycles. The van der Waals surface area contributed by atoms with Crippen molar-refractivity contribution in [3.63, 3.8) is 0 Å². The third kappa shape index (κ3) is 52.1. The van der Waals surface area contributed by atoms with Gasteiger partial charge in [-0.3, -0.25) is 14.4 Å². The molecule has 0 amide bonds. The van der Waals surface area contributed by atoms with Crippen LogP contribution in [0.25, 0.3) is 0 Å². The number of unbranched alkanes of at least 4 members (excludes halogenated alkanes) is 10. The maximum absolute atomic E-state index is 12.8. The lowest BCUT2D eigenvalue weighted by Gasteiger charge is -2.18. The summed E-state index contributed by atoms with van der Waals surface area (Å²) in [4.78, 5) is 38.0. The summed E-state index contributed by atoms with van der Waals surface area (Å²) < 4.78 is 16.7. The van der Waals surface area contributed by atoms with E-state index in [1.54, 1.807) is 0 Å². The number of allylic oxidation sites excluding steroid dienone is 24. The minimum atomic E-state index is -0.843. The highest BCUT2D eigenvalue weighted by Gasteiger charge is 2.19. The number of carbonyl (C=O) groups is 3. The van der Waals surface area contributed by atoms with E-state index >= 15 is 0 Å². The Bertz CT molecular complexity index is 1530. The van der Waals surface area contributed by atoms with E-state index in [0.29, 0.717) is 19.3 Å². The Morgan fingerprint density at radius 2 is 0.597 bits per heavy atom. The molecule has 0 aromatic rings. The maximum atomic E-state index is 12.8. The lowest BCUT2D eigenvalue weighted by atomic mass is 10.1. The molecule has 6 nitrogen and oxygen atoms in total. The largest absolute Gasteiger partial charge is 0.462 e. The molecule has 0 fully saturated rings. The number of hydrogen-bond acceptors (Lipinski definition) is 6. The first-order valence-electron chi connectivity index (χ1n) is 26.3. The molecule has 0 heterocycles. The van der Waals surface area contributed by atoms with Gasteiger partial charge in [0.1, 0.15) is 13.2 Å². The number of ether oxygens (including phenoxy) is 3. The molecule has 0 aliphatic heterocycles. The van der Waals surface area contributed by atoms with Crippen LogP contribution < -0.4 is 0 Å². The molecule has 0 aromatic carbocycles. The second kappa shape index (κ2) is 53.9. The predicted octanol–water partition coefficient (Wildman–Crippen LogP) is 17.6. The molecule has 0 bridgehead atoms. The van der Waals surface area contributed by atoms with Crippen molar-refractivity contribution in [1.82, 2.24) is 0 Å². The van der Waals surface area contributed by atoms with E-state index < -0.39 is 12.1 Å². The molecule has 0 unspecified atom stereocenters. The first-order valence-corrected chi connectivity index (χ1v) is 26.3. The quantitative estimate of drug-likeness (QED) is 0.0262. The van der Waals surface area contributed by atoms with Crippen LogP contribution in [0, 0.1) is 0 Å². The molecule has 0 N–H and O–H groups in total. The average Bonchev–Trinajstić information content (AvgIpc) is 3.33. The van der Waals surface area contributed by atoms with Gasteiger partial charge in [-0.2, -0.15) is 0 Å². The van der Waals surface area contributed by atoms with E-state index in [4.69, 9.17) is 14.2 Å². The highest BCUT2D eigenvalue weighted by molar-refractivity contribution is 5.71. The van der Waals surface area contributed by atoms with Gasteiger partial charge in [0.05, 0.1) is 0 Å². The highest BCUT2D eigenvalue weighted by atomic mass is 16.6. The Morgan fingerprint density at radius 1 is 0.313 bits per heavy atom. The molecular formula is C61H94O6. The van der Waals surface area contributed by atoms with Crippen molar-refractivity contribution in [3.05, 3.63) is 146 Å². The van der Waals surface area contributed by atoms with Gasteiger partial charge < -0.3 is 14.2 Å². The van der Waals surface area contributed by atoms with Crippen LogP contribution in [0.5, 0.6) is 0 Å². The first kappa shape index (κ1) is 62.3. The van der Waals surface area contributed by atoms with E-state index in [9.17, 15) is 14.4 Å². The van der Waals surface area contributed by atoms with E-state index in [2.05, 4.69) is 167 Å². The van der Waals surface area contributed by atoms with Crippen LogP contribution in [0.4, 0.5) is 0 Å². The molecule has 6 heteroatoms. The molecule has 0 saturated carbocycles. The van der Waals surface area contributed by atoms with Crippen molar-refractivity contribution in [2.75, 3.05) is 13.2 Å². The molecule has 67 heavy (non-hydrogen) atoms. The minimum Gasteiger partial charge on any atom is -0.462 e. The Kier molecular flexibility index (Phi) is 50.1. The van der Waals surface area contributed by atoms with E-state index in [1.165, 1.54) is 25.7 Å². The Balaban J connectivity index is 4.63. The Hall–Kier alpha value is -4.71. The fourth-order valence-electron chi connectivity index (χ4n) is 6.42. The average molecular weight is 923 g/mol. The van der Waals surface area contributed by atoms with Crippen molar-refractivity contribution in [3.8, 4) is 0 Å². The summed E-state index contributed by atoms with van der Waals surface area (Å²) in [7, 11) is 0. The molecule has 374 valence electrons. The van der Waals surface area contributed by atoms with E-state index in [-0.39, 0.29) is 38.0 Å². The van der Waals surface area contributed by atoms with E-state index in [0.717, 1.165) is 122 Å². The SMILES string of the molecule is CC/C=C\C/C=C\C/C=C\C/C=C\C/C=C\CCCC(=O)O[C@@H](COC(=O)CCC/C=C\C/C=C\C/C=C\C/C=C\CCCCC)COC(=O)CCCCCCC/C=C\C/C=C\C/C=C\CC. The third-order valence-corrected chi connectivity index (χ3v) is 10.3. The van der Waals surface area contributed by atoms with Crippen molar-refractivity contribution in [2.45, 2.75) is 207 Å². The van der Waals surface area contributed by atoms with Gasteiger partial charge in [0.2, 0.25) is 0 Å². The number of hydrogen-bond donors (Lipinski definition) is 0. The molecule has 0 saturated heterocycles. The van der Waals surface area contributed by atoms with E-state index in [1.807, 2.05) is 0 Å². The van der Waals surface area contributed by atoms with Crippen molar-refractivity contribution >= 4 is 17.9 Å². The Morgan fingerprint density at radius 3 is 0.970 bits per heavy atom. The maximum Gasteiger partial charge on any atom is 0.306 e. The van der Waals surface area contributed by atoms with Crippen molar-refractivity contribution in [1.29, 1.82) is 0 Å². The van der Waals surface area contributed by atoms with Crippen molar-refractivity contribution < 1.29 is 28.6 Å². The van der Waals surface area contributed by atoms with Gasteiger partial charge in [-0.25, -0.2) is 0 Å². The summed E-state index contributed by atoms with van der Waals surface area (Å²) >= 11 is 0. The number of carbonyl (C=O) groups excluding carboxylic acids is 3. The van der Waals surface area contributed by atoms with Crippen LogP contribution in [0.15, 0.2) is 146 Å². The van der Waals surface area contributed by atoms with Gasteiger partial charge in [0.15, 0.2) is 6.10 Å². The van der Waals surface area contributed by atoms with Gasteiger partial charge in [-0.15, -0.1) is 0 Å². The summed E-state index contributed by atoms with van der Waals surface area (Å²) in [5.74, 6) is -1.08. The molecule has 0 spiro atoms. The summed E-state index contributed by atoms with van der Waals surface area (Å²) in [6.45, 7) is 6.25. The summed E-state index contributed by atoms with van der Waals surface area (Å²) in [5.41, 5.74) is 0. The van der Waals surface area contributed by atoms with Gasteiger partial charge in [0.25, 0.3) is 0 Å². The van der Waals surface area contributed by atoms with Crippen LogP contribution in [0.3, 0.4) is 0 Å². The van der Waals surface area contributed by atoms with Crippen LogP contribution in [0.1, 0.15) is 201 Å². The fraction of sp³-hybridized carbons (Fsp3) is 0.557. The Labute approximate surface area is 410 Å². The van der Waals surface area contributed by atoms with Crippen LogP contribution in [-0.4, -0.2) is 37.2 Å². The van der Waals surface area contributed by atoms with Crippen LogP contribution in [-0.2, 0) is 28.6 Å². The highest BCUT2D eigenvalue weighted by Crippen LogP contribution is 2.11. The molecule has 0 aliphatic carbocycles. The normalized spacial score (nSPS) is 13.3. The summed E-state index contributed by atoms with van der Waals surface area (Å²) in [6.07, 6.45) is 77.0. The van der Waals surface area contributed by atoms with Gasteiger partial charge >= 0.3 is 17.9 Å². The van der Waals surface area contributed by atoms with Crippen LogP contribution in [0.2, 0.25) is 0 Å². The predicted molar refractivity (Wildman–Crippen MR) is 288 cm³/mol. The lowest BCUT2D eigenvalue weighted by molar-refractivity contribution is -0.167. The second-order valence-electron chi connectivity index (χ2n) is 16.7. The molecular weight excluding hydrogens is 829 g/mol. The molecule has 0 aliphatic rings. The second-order valence-corrected chi connectivity index (χ2v) is 16.7.